The molecule has 0 saturated heterocycles. The Morgan fingerprint density at radius 3 is 2.55 bits per heavy atom. The molecule has 0 amide bonds. The van der Waals surface area contributed by atoms with E-state index in [1.54, 1.807) is 12.1 Å². The van der Waals surface area contributed by atoms with Crippen molar-refractivity contribution in [1.82, 2.24) is 4.98 Å². The smallest absolute Gasteiger partial charge is 0.387 e. The second-order valence-corrected chi connectivity index (χ2v) is 3.80. The summed E-state index contributed by atoms with van der Waals surface area (Å²) in [4.78, 5) is 4.01. The second kappa shape index (κ2) is 5.84. The van der Waals surface area contributed by atoms with Gasteiger partial charge in [0.25, 0.3) is 0 Å². The minimum absolute atomic E-state index is 0.0614. The van der Waals surface area contributed by atoms with Crippen LogP contribution in [0, 0.1) is 11.3 Å². The summed E-state index contributed by atoms with van der Waals surface area (Å²) in [7, 11) is 0. The molecular weight excluding hydrogens is 266 g/mol. The molecule has 0 saturated carbocycles. The molecule has 20 heavy (non-hydrogen) atoms. The Balaban J connectivity index is 2.12. The van der Waals surface area contributed by atoms with Crippen molar-refractivity contribution in [3.05, 3.63) is 42.1 Å². The van der Waals surface area contributed by atoms with Crippen LogP contribution < -0.4 is 15.8 Å². The summed E-state index contributed by atoms with van der Waals surface area (Å²) in [6.07, 6.45) is 1.38. The van der Waals surface area contributed by atoms with E-state index in [0.717, 1.165) is 0 Å². The molecule has 0 atom stereocenters. The fourth-order valence-corrected chi connectivity index (χ4v) is 1.50. The van der Waals surface area contributed by atoms with Crippen LogP contribution in [0.15, 0.2) is 36.5 Å². The third-order valence-electron chi connectivity index (χ3n) is 2.39. The number of nitrogens with zero attached hydrogens (tertiary/aromatic N) is 2. The number of ether oxygens (including phenoxy) is 1. The average Bonchev–Trinajstić information content (AvgIpc) is 2.42. The number of rotatable bonds is 4. The lowest BCUT2D eigenvalue weighted by Crippen LogP contribution is -2.02. The molecule has 0 unspecified atom stereocenters. The van der Waals surface area contributed by atoms with Gasteiger partial charge in [-0.05, 0) is 30.3 Å². The number of nitrogens with two attached hydrogens (primary N) is 1. The highest BCUT2D eigenvalue weighted by atomic mass is 19.3. The number of hydrogen-bond donors (Lipinski definition) is 2. The van der Waals surface area contributed by atoms with Crippen molar-refractivity contribution >= 4 is 17.2 Å². The van der Waals surface area contributed by atoms with E-state index in [0.29, 0.717) is 22.8 Å². The number of aromatic nitrogens is 1. The van der Waals surface area contributed by atoms with Crippen LogP contribution in [0.5, 0.6) is 5.75 Å². The molecule has 3 N–H and O–H groups in total. The maximum atomic E-state index is 12.0. The molecule has 1 heterocycles. The number of alkyl halides is 2. The van der Waals surface area contributed by atoms with E-state index in [2.05, 4.69) is 15.0 Å². The van der Waals surface area contributed by atoms with E-state index in [1.165, 1.54) is 24.4 Å². The molecule has 0 aliphatic heterocycles. The molecule has 1 aromatic carbocycles. The lowest BCUT2D eigenvalue weighted by molar-refractivity contribution is -0.0498. The van der Waals surface area contributed by atoms with E-state index < -0.39 is 6.61 Å². The highest BCUT2D eigenvalue weighted by molar-refractivity contribution is 5.69. The van der Waals surface area contributed by atoms with Gasteiger partial charge in [-0.25, -0.2) is 4.98 Å². The fourth-order valence-electron chi connectivity index (χ4n) is 1.50. The van der Waals surface area contributed by atoms with Gasteiger partial charge in [-0.15, -0.1) is 0 Å². The first-order valence-corrected chi connectivity index (χ1v) is 5.56. The molecular formula is C13H10F2N4O. The van der Waals surface area contributed by atoms with Crippen LogP contribution in [-0.4, -0.2) is 11.6 Å². The molecule has 102 valence electrons. The third-order valence-corrected chi connectivity index (χ3v) is 2.39. The van der Waals surface area contributed by atoms with Gasteiger partial charge in [0.15, 0.2) is 5.82 Å². The summed E-state index contributed by atoms with van der Waals surface area (Å²) < 4.78 is 28.2. The number of pyridine rings is 1. The van der Waals surface area contributed by atoms with Gasteiger partial charge in [0.2, 0.25) is 0 Å². The van der Waals surface area contributed by atoms with E-state index >= 15 is 0 Å². The largest absolute Gasteiger partial charge is 0.435 e. The Kier molecular flexibility index (Phi) is 3.96. The van der Waals surface area contributed by atoms with Crippen LogP contribution in [0.4, 0.5) is 26.0 Å². The number of anilines is 3. The van der Waals surface area contributed by atoms with Crippen molar-refractivity contribution < 1.29 is 13.5 Å². The highest BCUT2D eigenvalue weighted by Crippen LogP contribution is 2.23. The number of nitrogens with one attached hydrogen (secondary N) is 1. The van der Waals surface area contributed by atoms with Crippen molar-refractivity contribution in [3.8, 4) is 11.8 Å². The first-order chi connectivity index (χ1) is 9.58. The highest BCUT2D eigenvalue weighted by Gasteiger charge is 2.05. The predicted molar refractivity (Wildman–Crippen MR) is 69.7 cm³/mol. The van der Waals surface area contributed by atoms with Gasteiger partial charge in [0.05, 0.1) is 11.3 Å². The Morgan fingerprint density at radius 1 is 1.30 bits per heavy atom. The summed E-state index contributed by atoms with van der Waals surface area (Å²) >= 11 is 0. The van der Waals surface area contributed by atoms with Crippen LogP contribution in [0.1, 0.15) is 5.56 Å². The minimum Gasteiger partial charge on any atom is -0.435 e. The standard InChI is InChI=1S/C13H10F2N4O/c14-13(15)20-10-3-1-9(2-4-10)19-12-11(17)5-8(6-16)7-18-12/h1-5,7,13H,17H2,(H,18,19). The number of nitriles is 1. The van der Waals surface area contributed by atoms with Gasteiger partial charge in [-0.2, -0.15) is 14.0 Å². The normalized spacial score (nSPS) is 10.1. The van der Waals surface area contributed by atoms with Crippen molar-refractivity contribution in [1.29, 1.82) is 5.26 Å². The minimum atomic E-state index is -2.86. The Bertz CT molecular complexity index is 638. The third kappa shape index (κ3) is 3.32. The van der Waals surface area contributed by atoms with Crippen molar-refractivity contribution in [3.63, 3.8) is 0 Å². The summed E-state index contributed by atoms with van der Waals surface area (Å²) in [6.45, 7) is -2.86. The van der Waals surface area contributed by atoms with E-state index in [-0.39, 0.29) is 5.75 Å². The second-order valence-electron chi connectivity index (χ2n) is 3.80. The number of halogens is 2. The van der Waals surface area contributed by atoms with E-state index in [9.17, 15) is 8.78 Å². The molecule has 0 fully saturated rings. The Hall–Kier alpha value is -2.88. The zero-order chi connectivity index (χ0) is 14.5. The van der Waals surface area contributed by atoms with Crippen LogP contribution in [0.25, 0.3) is 0 Å². The van der Waals surface area contributed by atoms with Crippen LogP contribution in [0.3, 0.4) is 0 Å². The van der Waals surface area contributed by atoms with Gasteiger partial charge >= 0.3 is 6.61 Å². The molecule has 0 aliphatic rings. The molecule has 0 radical (unpaired) electrons. The summed E-state index contributed by atoms with van der Waals surface area (Å²) in [5.41, 5.74) is 7.02. The van der Waals surface area contributed by atoms with E-state index in [4.69, 9.17) is 11.0 Å². The Morgan fingerprint density at radius 2 is 2.00 bits per heavy atom. The lowest BCUT2D eigenvalue weighted by Gasteiger charge is -2.09. The van der Waals surface area contributed by atoms with Crippen LogP contribution >= 0.6 is 0 Å². The predicted octanol–water partition coefficient (Wildman–Crippen LogP) is 2.88. The summed E-state index contributed by atoms with van der Waals surface area (Å²) in [5, 5.41) is 11.6. The lowest BCUT2D eigenvalue weighted by atomic mass is 10.2. The maximum absolute atomic E-state index is 12.0. The Labute approximate surface area is 113 Å². The first-order valence-electron chi connectivity index (χ1n) is 5.56. The zero-order valence-corrected chi connectivity index (χ0v) is 10.2. The molecule has 2 rings (SSSR count). The molecule has 7 heteroatoms. The maximum Gasteiger partial charge on any atom is 0.387 e. The zero-order valence-electron chi connectivity index (χ0n) is 10.2. The van der Waals surface area contributed by atoms with Crippen molar-refractivity contribution in [2.45, 2.75) is 6.61 Å². The van der Waals surface area contributed by atoms with Crippen LogP contribution in [0.2, 0.25) is 0 Å². The summed E-state index contributed by atoms with van der Waals surface area (Å²) in [5.74, 6) is 0.442. The molecule has 2 aromatic rings. The van der Waals surface area contributed by atoms with Gasteiger partial charge in [0.1, 0.15) is 11.8 Å². The topological polar surface area (TPSA) is 84.0 Å². The number of nitrogen functional groups attached to an aromatic ring is 1. The van der Waals surface area contributed by atoms with Gasteiger partial charge in [0, 0.05) is 11.9 Å². The fraction of sp³-hybridized carbons (Fsp3) is 0.0769. The average molecular weight is 276 g/mol. The quantitative estimate of drug-likeness (QED) is 0.897. The van der Waals surface area contributed by atoms with Gasteiger partial charge in [-0.1, -0.05) is 0 Å². The molecule has 1 aromatic heterocycles. The molecule has 0 bridgehead atoms. The molecule has 0 aliphatic carbocycles. The van der Waals surface area contributed by atoms with Crippen molar-refractivity contribution in [2.75, 3.05) is 11.1 Å². The molecule has 0 spiro atoms. The van der Waals surface area contributed by atoms with E-state index in [1.807, 2.05) is 6.07 Å². The van der Waals surface area contributed by atoms with Gasteiger partial charge in [-0.3, -0.25) is 0 Å². The SMILES string of the molecule is N#Cc1cnc(Nc2ccc(OC(F)F)cc2)c(N)c1. The van der Waals surface area contributed by atoms with Crippen molar-refractivity contribution in [2.24, 2.45) is 0 Å². The monoisotopic (exact) mass is 276 g/mol. The number of hydrogen-bond acceptors (Lipinski definition) is 5. The molecule has 5 nitrogen and oxygen atoms in total. The number of benzene rings is 1. The summed E-state index contributed by atoms with van der Waals surface area (Å²) in [6, 6.07) is 9.32. The van der Waals surface area contributed by atoms with Crippen LogP contribution in [-0.2, 0) is 0 Å². The first kappa shape index (κ1) is 13.5. The van der Waals surface area contributed by atoms with Gasteiger partial charge < -0.3 is 15.8 Å².